The molecule has 0 aromatic rings. The molecule has 3 unspecified atom stereocenters. The van der Waals surface area contributed by atoms with Gasteiger partial charge in [0.1, 0.15) is 0 Å². The zero-order valence-electron chi connectivity index (χ0n) is 10.2. The van der Waals surface area contributed by atoms with Crippen LogP contribution in [0.15, 0.2) is 0 Å². The molecule has 3 heteroatoms. The summed E-state index contributed by atoms with van der Waals surface area (Å²) in [5.41, 5.74) is 0. The molecule has 0 saturated carbocycles. The number of nitrogens with one attached hydrogen (secondary N) is 2. The van der Waals surface area contributed by atoms with Gasteiger partial charge in [-0.15, -0.1) is 0 Å². The highest BCUT2D eigenvalue weighted by molar-refractivity contribution is 5.76. The van der Waals surface area contributed by atoms with Crippen LogP contribution in [0.5, 0.6) is 0 Å². The van der Waals surface area contributed by atoms with Crippen LogP contribution in [0, 0.1) is 5.92 Å². The van der Waals surface area contributed by atoms with Gasteiger partial charge in [0, 0.05) is 18.5 Å². The van der Waals surface area contributed by atoms with Gasteiger partial charge in [0.15, 0.2) is 0 Å². The van der Waals surface area contributed by atoms with Crippen LogP contribution in [-0.2, 0) is 4.79 Å². The summed E-state index contributed by atoms with van der Waals surface area (Å²) >= 11 is 0. The van der Waals surface area contributed by atoms with Crippen LogP contribution in [0.25, 0.3) is 0 Å². The van der Waals surface area contributed by atoms with Gasteiger partial charge < -0.3 is 10.6 Å². The van der Waals surface area contributed by atoms with Crippen molar-refractivity contribution >= 4 is 5.91 Å². The number of piperidine rings is 1. The molecule has 0 radical (unpaired) electrons. The van der Waals surface area contributed by atoms with Crippen molar-refractivity contribution in [3.63, 3.8) is 0 Å². The number of amides is 1. The fourth-order valence-corrected chi connectivity index (χ4v) is 2.02. The minimum Gasteiger partial charge on any atom is -0.354 e. The van der Waals surface area contributed by atoms with E-state index in [-0.39, 0.29) is 5.91 Å². The highest BCUT2D eigenvalue weighted by Crippen LogP contribution is 2.17. The second-order valence-corrected chi connectivity index (χ2v) is 4.76. The Hall–Kier alpha value is -0.570. The average molecular weight is 212 g/mol. The Morgan fingerprint density at radius 2 is 2.33 bits per heavy atom. The number of rotatable bonds is 4. The molecule has 2 N–H and O–H groups in total. The summed E-state index contributed by atoms with van der Waals surface area (Å²) in [6.07, 6.45) is 4.11. The zero-order valence-corrected chi connectivity index (χ0v) is 10.2. The van der Waals surface area contributed by atoms with E-state index in [2.05, 4.69) is 31.4 Å². The maximum Gasteiger partial charge on any atom is 0.221 e. The molecule has 3 atom stereocenters. The molecule has 3 nitrogen and oxygen atoms in total. The lowest BCUT2D eigenvalue weighted by atomic mass is 9.90. The van der Waals surface area contributed by atoms with Crippen molar-refractivity contribution in [1.82, 2.24) is 10.6 Å². The molecule has 1 fully saturated rings. The summed E-state index contributed by atoms with van der Waals surface area (Å²) in [5, 5.41) is 6.45. The Balaban J connectivity index is 2.29. The first kappa shape index (κ1) is 12.5. The lowest BCUT2D eigenvalue weighted by Gasteiger charge is -2.30. The van der Waals surface area contributed by atoms with Crippen LogP contribution in [0.3, 0.4) is 0 Å². The van der Waals surface area contributed by atoms with Crippen LogP contribution in [0.1, 0.15) is 46.5 Å². The van der Waals surface area contributed by atoms with Crippen molar-refractivity contribution in [3.05, 3.63) is 0 Å². The molecule has 0 spiro atoms. The molecule has 1 saturated heterocycles. The molecule has 0 aliphatic carbocycles. The van der Waals surface area contributed by atoms with Gasteiger partial charge in [-0.2, -0.15) is 0 Å². The van der Waals surface area contributed by atoms with Gasteiger partial charge in [0.2, 0.25) is 5.91 Å². The molecule has 88 valence electrons. The number of hydrogen-bond donors (Lipinski definition) is 2. The van der Waals surface area contributed by atoms with Crippen molar-refractivity contribution in [1.29, 1.82) is 0 Å². The van der Waals surface area contributed by atoms with Crippen LogP contribution in [0.2, 0.25) is 0 Å². The molecule has 1 amide bonds. The Morgan fingerprint density at radius 1 is 1.60 bits per heavy atom. The zero-order chi connectivity index (χ0) is 11.3. The summed E-state index contributed by atoms with van der Waals surface area (Å²) in [5.74, 6) is 0.817. The van der Waals surface area contributed by atoms with E-state index in [0.717, 1.165) is 13.0 Å². The van der Waals surface area contributed by atoms with Crippen molar-refractivity contribution in [3.8, 4) is 0 Å². The molecular weight excluding hydrogens is 188 g/mol. The first-order chi connectivity index (χ1) is 7.13. The number of hydrogen-bond acceptors (Lipinski definition) is 2. The lowest BCUT2D eigenvalue weighted by Crippen LogP contribution is -2.44. The fourth-order valence-electron chi connectivity index (χ4n) is 2.02. The topological polar surface area (TPSA) is 41.1 Å². The summed E-state index contributed by atoms with van der Waals surface area (Å²) in [7, 11) is 0. The average Bonchev–Trinajstić information content (AvgIpc) is 2.21. The van der Waals surface area contributed by atoms with Crippen LogP contribution >= 0.6 is 0 Å². The van der Waals surface area contributed by atoms with Gasteiger partial charge in [0.05, 0.1) is 0 Å². The minimum absolute atomic E-state index is 0.190. The Morgan fingerprint density at radius 3 is 2.93 bits per heavy atom. The third-order valence-corrected chi connectivity index (χ3v) is 3.35. The summed E-state index contributed by atoms with van der Waals surface area (Å²) in [4.78, 5) is 11.7. The van der Waals surface area contributed by atoms with Gasteiger partial charge in [-0.1, -0.05) is 13.8 Å². The summed E-state index contributed by atoms with van der Waals surface area (Å²) in [6.45, 7) is 7.43. The smallest absolute Gasteiger partial charge is 0.221 e. The van der Waals surface area contributed by atoms with E-state index in [9.17, 15) is 4.79 Å². The molecule has 1 heterocycles. The van der Waals surface area contributed by atoms with Crippen molar-refractivity contribution in [2.24, 2.45) is 5.92 Å². The third kappa shape index (κ3) is 4.20. The predicted octanol–water partition coefficient (Wildman–Crippen LogP) is 1.68. The van der Waals surface area contributed by atoms with Gasteiger partial charge in [0.25, 0.3) is 0 Å². The van der Waals surface area contributed by atoms with Crippen LogP contribution in [-0.4, -0.2) is 24.5 Å². The van der Waals surface area contributed by atoms with E-state index in [0.29, 0.717) is 24.4 Å². The summed E-state index contributed by atoms with van der Waals surface area (Å²) < 4.78 is 0. The molecule has 0 aromatic heterocycles. The monoisotopic (exact) mass is 212 g/mol. The van der Waals surface area contributed by atoms with Gasteiger partial charge >= 0.3 is 0 Å². The predicted molar refractivity (Wildman–Crippen MR) is 62.7 cm³/mol. The molecule has 0 bridgehead atoms. The second-order valence-electron chi connectivity index (χ2n) is 4.76. The van der Waals surface area contributed by atoms with E-state index in [4.69, 9.17) is 0 Å². The normalized spacial score (nSPS) is 28.5. The van der Waals surface area contributed by atoms with Crippen molar-refractivity contribution in [2.75, 3.05) is 6.54 Å². The molecule has 1 aliphatic rings. The third-order valence-electron chi connectivity index (χ3n) is 3.35. The first-order valence-electron chi connectivity index (χ1n) is 6.16. The molecule has 1 rings (SSSR count). The summed E-state index contributed by atoms with van der Waals surface area (Å²) in [6, 6.07) is 0.680. The second kappa shape index (κ2) is 6.11. The van der Waals surface area contributed by atoms with Crippen molar-refractivity contribution in [2.45, 2.75) is 58.5 Å². The molecular formula is C12H24N2O. The molecule has 0 aromatic carbocycles. The maximum atomic E-state index is 11.7. The minimum atomic E-state index is 0.190. The maximum absolute atomic E-state index is 11.7. The standard InChI is InChI=1S/C12H24N2O/c1-4-10(3)14-12(15)8-11-9(2)6-5-7-13-11/h9-11,13H,4-8H2,1-3H3,(H,14,15). The van der Waals surface area contributed by atoms with Crippen molar-refractivity contribution < 1.29 is 4.79 Å². The van der Waals surface area contributed by atoms with E-state index in [1.165, 1.54) is 12.8 Å². The van der Waals surface area contributed by atoms with Crippen LogP contribution < -0.4 is 10.6 Å². The van der Waals surface area contributed by atoms with E-state index in [1.54, 1.807) is 0 Å². The Labute approximate surface area is 93.0 Å². The van der Waals surface area contributed by atoms with Gasteiger partial charge in [-0.05, 0) is 38.6 Å². The highest BCUT2D eigenvalue weighted by Gasteiger charge is 2.23. The Bertz CT molecular complexity index is 206. The van der Waals surface area contributed by atoms with E-state index >= 15 is 0 Å². The van der Waals surface area contributed by atoms with E-state index in [1.807, 2.05) is 0 Å². The van der Waals surface area contributed by atoms with Gasteiger partial charge in [-0.25, -0.2) is 0 Å². The van der Waals surface area contributed by atoms with Gasteiger partial charge in [-0.3, -0.25) is 4.79 Å². The molecule has 1 aliphatic heterocycles. The number of carbonyl (C=O) groups excluding carboxylic acids is 1. The number of carbonyl (C=O) groups is 1. The van der Waals surface area contributed by atoms with E-state index < -0.39 is 0 Å². The first-order valence-corrected chi connectivity index (χ1v) is 6.16. The highest BCUT2D eigenvalue weighted by atomic mass is 16.1. The largest absolute Gasteiger partial charge is 0.354 e. The SMILES string of the molecule is CCC(C)NC(=O)CC1NCCCC1C. The fraction of sp³-hybridized carbons (Fsp3) is 0.917. The lowest BCUT2D eigenvalue weighted by molar-refractivity contribution is -0.122. The quantitative estimate of drug-likeness (QED) is 0.744. The Kier molecular flexibility index (Phi) is 5.09. The molecule has 15 heavy (non-hydrogen) atoms. The van der Waals surface area contributed by atoms with Crippen LogP contribution in [0.4, 0.5) is 0 Å².